The topological polar surface area (TPSA) is 125 Å². The van der Waals surface area contributed by atoms with Gasteiger partial charge in [0.15, 0.2) is 34.8 Å². The van der Waals surface area contributed by atoms with Crippen molar-refractivity contribution in [3.8, 4) is 23.1 Å². The Labute approximate surface area is 197 Å². The number of fused-ring (bicyclic) bond motifs is 1. The Morgan fingerprint density at radius 1 is 1.20 bits per heavy atom. The van der Waals surface area contributed by atoms with E-state index in [4.69, 9.17) is 9.15 Å². The highest BCUT2D eigenvalue weighted by Crippen LogP contribution is 2.35. The van der Waals surface area contributed by atoms with E-state index < -0.39 is 23.3 Å². The lowest BCUT2D eigenvalue weighted by molar-refractivity contribution is 0.0825. The Morgan fingerprint density at radius 3 is 2.77 bits per heavy atom. The Hall–Kier alpha value is -4.74. The maximum atomic E-state index is 15.1. The van der Waals surface area contributed by atoms with Gasteiger partial charge in [-0.25, -0.2) is 18.7 Å². The van der Waals surface area contributed by atoms with Crippen molar-refractivity contribution in [1.29, 1.82) is 0 Å². The molecule has 5 rings (SSSR count). The summed E-state index contributed by atoms with van der Waals surface area (Å²) in [5.74, 6) is -1.75. The van der Waals surface area contributed by atoms with Gasteiger partial charge in [0.1, 0.15) is 17.6 Å². The van der Waals surface area contributed by atoms with Gasteiger partial charge in [-0.3, -0.25) is 9.89 Å². The maximum absolute atomic E-state index is 15.1. The zero-order valence-electron chi connectivity index (χ0n) is 18.8. The first kappa shape index (κ1) is 22.1. The second-order valence-corrected chi connectivity index (χ2v) is 7.88. The van der Waals surface area contributed by atoms with Crippen LogP contribution in [0.25, 0.3) is 22.4 Å². The van der Waals surface area contributed by atoms with Crippen molar-refractivity contribution in [3.05, 3.63) is 65.8 Å². The lowest BCUT2D eigenvalue weighted by Gasteiger charge is -2.17. The molecule has 35 heavy (non-hydrogen) atoms. The number of halogens is 2. The molecular weight excluding hydrogens is 460 g/mol. The van der Waals surface area contributed by atoms with E-state index >= 15 is 4.39 Å². The lowest BCUT2D eigenvalue weighted by atomic mass is 10.2. The monoisotopic (exact) mass is 479 g/mol. The van der Waals surface area contributed by atoms with Gasteiger partial charge in [0.05, 0.1) is 11.8 Å². The van der Waals surface area contributed by atoms with Crippen LogP contribution in [0.4, 0.5) is 20.4 Å². The van der Waals surface area contributed by atoms with Crippen LogP contribution in [0.5, 0.6) is 11.6 Å². The first-order valence-corrected chi connectivity index (χ1v) is 10.4. The molecule has 0 bridgehead atoms. The van der Waals surface area contributed by atoms with Gasteiger partial charge in [-0.2, -0.15) is 5.10 Å². The van der Waals surface area contributed by atoms with Crippen molar-refractivity contribution >= 4 is 28.4 Å². The molecule has 0 unspecified atom stereocenters. The summed E-state index contributed by atoms with van der Waals surface area (Å²) < 4.78 is 40.7. The van der Waals surface area contributed by atoms with Crippen molar-refractivity contribution in [2.75, 3.05) is 19.4 Å². The highest BCUT2D eigenvalue weighted by molar-refractivity contribution is 6.01. The number of anilines is 2. The predicted molar refractivity (Wildman–Crippen MR) is 123 cm³/mol. The van der Waals surface area contributed by atoms with E-state index in [0.29, 0.717) is 23.0 Å². The number of furan rings is 1. The molecule has 0 aliphatic carbocycles. The van der Waals surface area contributed by atoms with Crippen LogP contribution in [0, 0.1) is 18.6 Å². The van der Waals surface area contributed by atoms with E-state index in [9.17, 15) is 9.18 Å². The third-order valence-corrected chi connectivity index (χ3v) is 5.15. The first-order chi connectivity index (χ1) is 16.8. The Kier molecular flexibility index (Phi) is 5.40. The minimum atomic E-state index is -0.794. The molecule has 4 aromatic heterocycles. The fourth-order valence-electron chi connectivity index (χ4n) is 3.54. The predicted octanol–water partition coefficient (Wildman–Crippen LogP) is 4.77. The molecule has 12 heteroatoms. The van der Waals surface area contributed by atoms with Gasteiger partial charge in [-0.05, 0) is 25.1 Å². The van der Waals surface area contributed by atoms with Crippen molar-refractivity contribution in [2.45, 2.75) is 6.92 Å². The molecule has 0 aliphatic rings. The summed E-state index contributed by atoms with van der Waals surface area (Å²) in [5.41, 5.74) is 1.11. The van der Waals surface area contributed by atoms with Crippen LogP contribution in [-0.2, 0) is 0 Å². The minimum absolute atomic E-state index is 0.0207. The van der Waals surface area contributed by atoms with Gasteiger partial charge in [-0.1, -0.05) is 0 Å². The number of benzene rings is 1. The van der Waals surface area contributed by atoms with Gasteiger partial charge in [0, 0.05) is 37.3 Å². The highest BCUT2D eigenvalue weighted by Gasteiger charge is 2.25. The molecule has 0 fully saturated rings. The lowest BCUT2D eigenvalue weighted by Crippen LogP contribution is -2.24. The number of amides is 1. The first-order valence-electron chi connectivity index (χ1n) is 10.4. The molecule has 1 aromatic carbocycles. The molecule has 0 radical (unpaired) electrons. The van der Waals surface area contributed by atoms with Gasteiger partial charge in [0.25, 0.3) is 5.91 Å². The van der Waals surface area contributed by atoms with Gasteiger partial charge < -0.3 is 24.4 Å². The molecule has 178 valence electrons. The zero-order valence-corrected chi connectivity index (χ0v) is 18.8. The summed E-state index contributed by atoms with van der Waals surface area (Å²) >= 11 is 0. The molecule has 0 atom stereocenters. The third kappa shape index (κ3) is 4.05. The van der Waals surface area contributed by atoms with E-state index in [1.165, 1.54) is 31.3 Å². The molecule has 0 saturated carbocycles. The highest BCUT2D eigenvalue weighted by atomic mass is 19.1. The van der Waals surface area contributed by atoms with Crippen molar-refractivity contribution < 1.29 is 22.7 Å². The molecule has 1 amide bonds. The number of aryl methyl sites for hydroxylation is 1. The summed E-state index contributed by atoms with van der Waals surface area (Å²) in [5, 5.41) is 9.93. The van der Waals surface area contributed by atoms with E-state index in [2.05, 4.69) is 30.5 Å². The molecular formula is C23H19F2N7O3. The molecule has 4 heterocycles. The molecule has 10 nitrogen and oxygen atoms in total. The quantitative estimate of drug-likeness (QED) is 0.320. The van der Waals surface area contributed by atoms with E-state index in [1.54, 1.807) is 25.1 Å². The standard InChI is InChI=1S/C23H19F2N7O3/c1-11-7-12-19(25)16(8-13(24)20(12)28-11)35-22-18(23(33)32(2)3)21(26-10-27-22)29-17-9-14(30-31-17)15-5-4-6-34-15/h4-10,28H,1-3H3,(H2,26,27,29,30,31). The third-order valence-electron chi connectivity index (χ3n) is 5.15. The Balaban J connectivity index is 1.55. The van der Waals surface area contributed by atoms with Crippen LogP contribution in [0.3, 0.4) is 0 Å². The zero-order chi connectivity index (χ0) is 24.7. The maximum Gasteiger partial charge on any atom is 0.262 e. The van der Waals surface area contributed by atoms with E-state index in [0.717, 1.165) is 12.4 Å². The largest absolute Gasteiger partial charge is 0.463 e. The normalized spacial score (nSPS) is 11.1. The second-order valence-electron chi connectivity index (χ2n) is 7.88. The van der Waals surface area contributed by atoms with Crippen LogP contribution in [-0.4, -0.2) is 50.1 Å². The summed E-state index contributed by atoms with van der Waals surface area (Å²) in [4.78, 5) is 25.3. The summed E-state index contributed by atoms with van der Waals surface area (Å²) in [6, 6.07) is 7.51. The molecule has 0 aliphatic heterocycles. The van der Waals surface area contributed by atoms with Crippen LogP contribution < -0.4 is 10.1 Å². The van der Waals surface area contributed by atoms with Gasteiger partial charge in [-0.15, -0.1) is 0 Å². The fraction of sp³-hybridized carbons (Fsp3) is 0.130. The second kappa shape index (κ2) is 8.56. The molecule has 5 aromatic rings. The molecule has 0 saturated heterocycles. The number of nitrogens with zero attached hydrogens (tertiary/aromatic N) is 4. The SMILES string of the molecule is Cc1cc2c(F)c(Oc3ncnc(Nc4cc(-c5ccco5)[nH]n4)c3C(=O)N(C)C)cc(F)c2[nH]1. The smallest absolute Gasteiger partial charge is 0.262 e. The molecule has 0 spiro atoms. The average Bonchev–Trinajstić information content (AvgIpc) is 3.58. The number of hydrogen-bond donors (Lipinski definition) is 3. The van der Waals surface area contributed by atoms with Gasteiger partial charge >= 0.3 is 0 Å². The number of aromatic amines is 2. The average molecular weight is 479 g/mol. The number of aromatic nitrogens is 5. The van der Waals surface area contributed by atoms with Crippen LogP contribution in [0.1, 0.15) is 16.1 Å². The van der Waals surface area contributed by atoms with Crippen molar-refractivity contribution in [2.24, 2.45) is 0 Å². The molecule has 3 N–H and O–H groups in total. The van der Waals surface area contributed by atoms with E-state index in [1.807, 2.05) is 0 Å². The summed E-state index contributed by atoms with van der Waals surface area (Å²) in [6.07, 6.45) is 2.66. The summed E-state index contributed by atoms with van der Waals surface area (Å²) in [7, 11) is 3.06. The van der Waals surface area contributed by atoms with Crippen LogP contribution >= 0.6 is 0 Å². The Morgan fingerprint density at radius 2 is 2.03 bits per heavy atom. The fourth-order valence-corrected chi connectivity index (χ4v) is 3.54. The minimum Gasteiger partial charge on any atom is -0.463 e. The number of H-pyrrole nitrogens is 2. The van der Waals surface area contributed by atoms with Crippen molar-refractivity contribution in [1.82, 2.24) is 30.0 Å². The van der Waals surface area contributed by atoms with Crippen molar-refractivity contribution in [3.63, 3.8) is 0 Å². The summed E-state index contributed by atoms with van der Waals surface area (Å²) in [6.45, 7) is 1.68. The van der Waals surface area contributed by atoms with Crippen LogP contribution in [0.15, 0.2) is 47.3 Å². The number of carbonyl (C=O) groups is 1. The van der Waals surface area contributed by atoms with E-state index in [-0.39, 0.29) is 28.2 Å². The Bertz CT molecular complexity index is 1540. The number of ether oxygens (including phenoxy) is 1. The number of hydrogen-bond acceptors (Lipinski definition) is 7. The number of nitrogens with one attached hydrogen (secondary N) is 3. The number of rotatable bonds is 6. The van der Waals surface area contributed by atoms with Crippen LogP contribution in [0.2, 0.25) is 0 Å². The van der Waals surface area contributed by atoms with Gasteiger partial charge in [0.2, 0.25) is 5.88 Å². The number of carbonyl (C=O) groups excluding carboxylic acids is 1.